The normalized spacial score (nSPS) is 35.2. The number of nitrogens with zero attached hydrogens (tertiary/aromatic N) is 1. The van der Waals surface area contributed by atoms with Gasteiger partial charge in [-0.25, -0.2) is 4.98 Å². The lowest BCUT2D eigenvalue weighted by Crippen LogP contribution is -2.51. The maximum absolute atomic E-state index is 6.60. The van der Waals surface area contributed by atoms with Crippen LogP contribution in [-0.2, 0) is 6.42 Å². The molecule has 1 aliphatic rings. The van der Waals surface area contributed by atoms with Crippen LogP contribution in [0.25, 0.3) is 0 Å². The number of aryl methyl sites for hydroxylation is 1. The van der Waals surface area contributed by atoms with Gasteiger partial charge in [-0.3, -0.25) is 0 Å². The summed E-state index contributed by atoms with van der Waals surface area (Å²) in [6.07, 6.45) is 4.69. The molecule has 16 heavy (non-hydrogen) atoms. The average molecular weight is 238 g/mol. The summed E-state index contributed by atoms with van der Waals surface area (Å²) >= 11 is 1.73. The Labute approximate surface area is 102 Å². The van der Waals surface area contributed by atoms with E-state index in [0.29, 0.717) is 5.92 Å². The zero-order valence-corrected chi connectivity index (χ0v) is 11.3. The van der Waals surface area contributed by atoms with Gasteiger partial charge in [0.05, 0.1) is 10.7 Å². The van der Waals surface area contributed by atoms with Gasteiger partial charge in [0.25, 0.3) is 0 Å². The van der Waals surface area contributed by atoms with E-state index in [0.717, 1.165) is 23.8 Å². The van der Waals surface area contributed by atoms with Crippen LogP contribution >= 0.6 is 11.3 Å². The van der Waals surface area contributed by atoms with E-state index in [-0.39, 0.29) is 5.54 Å². The van der Waals surface area contributed by atoms with Crippen molar-refractivity contribution < 1.29 is 0 Å². The lowest BCUT2D eigenvalue weighted by atomic mass is 9.68. The van der Waals surface area contributed by atoms with Crippen molar-refractivity contribution in [3.8, 4) is 0 Å². The van der Waals surface area contributed by atoms with E-state index in [2.05, 4.69) is 31.1 Å². The van der Waals surface area contributed by atoms with Crippen LogP contribution < -0.4 is 5.73 Å². The zero-order valence-electron chi connectivity index (χ0n) is 10.5. The maximum atomic E-state index is 6.60. The van der Waals surface area contributed by atoms with Gasteiger partial charge in [0.2, 0.25) is 0 Å². The van der Waals surface area contributed by atoms with Crippen molar-refractivity contribution in [1.82, 2.24) is 4.98 Å². The molecular weight excluding hydrogens is 216 g/mol. The molecule has 0 amide bonds. The van der Waals surface area contributed by atoms with Crippen molar-refractivity contribution in [3.63, 3.8) is 0 Å². The first-order valence-electron chi connectivity index (χ1n) is 6.19. The zero-order chi connectivity index (χ0) is 11.8. The van der Waals surface area contributed by atoms with Crippen LogP contribution in [0.3, 0.4) is 0 Å². The van der Waals surface area contributed by atoms with Gasteiger partial charge in [0.1, 0.15) is 0 Å². The summed E-state index contributed by atoms with van der Waals surface area (Å²) in [7, 11) is 0. The van der Waals surface area contributed by atoms with Crippen molar-refractivity contribution in [1.29, 1.82) is 0 Å². The number of hydrogen-bond donors (Lipinski definition) is 1. The van der Waals surface area contributed by atoms with E-state index < -0.39 is 0 Å². The fourth-order valence-electron chi connectivity index (χ4n) is 2.85. The summed E-state index contributed by atoms with van der Waals surface area (Å²) in [5.74, 6) is 1.38. The van der Waals surface area contributed by atoms with Crippen LogP contribution in [0, 0.1) is 18.8 Å². The third-order valence-corrected chi connectivity index (χ3v) is 4.80. The number of aromatic nitrogens is 1. The van der Waals surface area contributed by atoms with Gasteiger partial charge in [-0.05, 0) is 31.6 Å². The van der Waals surface area contributed by atoms with Crippen LogP contribution in [0.4, 0.5) is 0 Å². The first-order valence-corrected chi connectivity index (χ1v) is 7.07. The lowest BCUT2D eigenvalue weighted by molar-refractivity contribution is 0.160. The van der Waals surface area contributed by atoms with Gasteiger partial charge < -0.3 is 5.73 Å². The number of hydrogen-bond acceptors (Lipinski definition) is 3. The molecule has 0 aliphatic heterocycles. The van der Waals surface area contributed by atoms with Crippen molar-refractivity contribution in [2.45, 2.75) is 52.0 Å². The monoisotopic (exact) mass is 238 g/mol. The van der Waals surface area contributed by atoms with Crippen LogP contribution in [0.2, 0.25) is 0 Å². The van der Waals surface area contributed by atoms with E-state index in [1.54, 1.807) is 11.3 Å². The molecular formula is C13H22N2S. The summed E-state index contributed by atoms with van der Waals surface area (Å²) in [6.45, 7) is 6.68. The minimum absolute atomic E-state index is 0.0296. The van der Waals surface area contributed by atoms with Crippen molar-refractivity contribution in [2.75, 3.05) is 0 Å². The first-order chi connectivity index (χ1) is 7.49. The SMILES string of the molecule is Cc1nc(CC2(N)CC(C)CCC2C)cs1. The largest absolute Gasteiger partial charge is 0.324 e. The van der Waals surface area contributed by atoms with Gasteiger partial charge in [-0.1, -0.05) is 20.3 Å². The lowest BCUT2D eigenvalue weighted by Gasteiger charge is -2.42. The van der Waals surface area contributed by atoms with E-state index in [1.165, 1.54) is 18.5 Å². The molecule has 1 aromatic heterocycles. The van der Waals surface area contributed by atoms with Crippen LogP contribution in [0.15, 0.2) is 5.38 Å². The smallest absolute Gasteiger partial charge is 0.0897 e. The highest BCUT2D eigenvalue weighted by molar-refractivity contribution is 7.09. The summed E-state index contributed by atoms with van der Waals surface area (Å²) in [6, 6.07) is 0. The van der Waals surface area contributed by atoms with Crippen LogP contribution in [0.1, 0.15) is 43.8 Å². The van der Waals surface area contributed by atoms with Crippen molar-refractivity contribution >= 4 is 11.3 Å². The Kier molecular flexibility index (Phi) is 3.36. The minimum Gasteiger partial charge on any atom is -0.324 e. The molecule has 1 aromatic rings. The standard InChI is InChI=1S/C13H22N2S/c1-9-4-5-10(2)13(14,6-9)7-12-8-16-11(3)15-12/h8-10H,4-7,14H2,1-3H3. The highest BCUT2D eigenvalue weighted by Crippen LogP contribution is 2.37. The molecule has 3 atom stereocenters. The number of thiazole rings is 1. The Balaban J connectivity index is 2.11. The molecule has 1 saturated carbocycles. The quantitative estimate of drug-likeness (QED) is 0.859. The molecule has 1 heterocycles. The molecule has 0 radical (unpaired) electrons. The van der Waals surface area contributed by atoms with Crippen LogP contribution in [-0.4, -0.2) is 10.5 Å². The summed E-state index contributed by atoms with van der Waals surface area (Å²) in [5.41, 5.74) is 7.76. The van der Waals surface area contributed by atoms with Crippen molar-refractivity contribution in [3.05, 3.63) is 16.1 Å². The molecule has 2 rings (SSSR count). The van der Waals surface area contributed by atoms with E-state index in [9.17, 15) is 0 Å². The maximum Gasteiger partial charge on any atom is 0.0897 e. The predicted molar refractivity (Wildman–Crippen MR) is 69.7 cm³/mol. The van der Waals surface area contributed by atoms with Crippen LogP contribution in [0.5, 0.6) is 0 Å². The second-order valence-electron chi connectivity index (χ2n) is 5.56. The second-order valence-corrected chi connectivity index (χ2v) is 6.62. The van der Waals surface area contributed by atoms with E-state index >= 15 is 0 Å². The summed E-state index contributed by atoms with van der Waals surface area (Å²) < 4.78 is 0. The topological polar surface area (TPSA) is 38.9 Å². The molecule has 3 unspecified atom stereocenters. The molecule has 2 N–H and O–H groups in total. The molecule has 1 aliphatic carbocycles. The highest BCUT2D eigenvalue weighted by Gasteiger charge is 2.37. The van der Waals surface area contributed by atoms with Gasteiger partial charge in [-0.2, -0.15) is 0 Å². The van der Waals surface area contributed by atoms with Crippen molar-refractivity contribution in [2.24, 2.45) is 17.6 Å². The molecule has 1 fully saturated rings. The van der Waals surface area contributed by atoms with Gasteiger partial charge >= 0.3 is 0 Å². The molecule has 90 valence electrons. The molecule has 0 bridgehead atoms. The van der Waals surface area contributed by atoms with Gasteiger partial charge in [-0.15, -0.1) is 11.3 Å². The fourth-order valence-corrected chi connectivity index (χ4v) is 3.46. The third-order valence-electron chi connectivity index (χ3n) is 3.98. The Morgan fingerprint density at radius 1 is 1.50 bits per heavy atom. The van der Waals surface area contributed by atoms with Gasteiger partial charge in [0, 0.05) is 17.3 Å². The minimum atomic E-state index is -0.0296. The summed E-state index contributed by atoms with van der Waals surface area (Å²) in [4.78, 5) is 4.55. The molecule has 3 heteroatoms. The Morgan fingerprint density at radius 2 is 2.25 bits per heavy atom. The molecule has 0 saturated heterocycles. The average Bonchev–Trinajstić information content (AvgIpc) is 2.58. The number of nitrogens with two attached hydrogens (primary N) is 1. The highest BCUT2D eigenvalue weighted by atomic mass is 32.1. The molecule has 0 spiro atoms. The fraction of sp³-hybridized carbons (Fsp3) is 0.769. The summed E-state index contributed by atoms with van der Waals surface area (Å²) in [5, 5.41) is 3.31. The third kappa shape index (κ3) is 2.46. The first kappa shape index (κ1) is 12.1. The predicted octanol–water partition coefficient (Wildman–Crippen LogP) is 3.15. The van der Waals surface area contributed by atoms with Gasteiger partial charge in [0.15, 0.2) is 0 Å². The second kappa shape index (κ2) is 4.46. The molecule has 2 nitrogen and oxygen atoms in total. The Morgan fingerprint density at radius 3 is 2.88 bits per heavy atom. The molecule has 0 aromatic carbocycles. The Hall–Kier alpha value is -0.410. The number of rotatable bonds is 2. The van der Waals surface area contributed by atoms with E-state index in [4.69, 9.17) is 5.73 Å². The van der Waals surface area contributed by atoms with E-state index in [1.807, 2.05) is 0 Å². The Bertz CT molecular complexity index is 361.